The lowest BCUT2D eigenvalue weighted by Gasteiger charge is -2.29. The first-order valence-electron chi connectivity index (χ1n) is 14.2. The molecule has 0 aromatic heterocycles. The second-order valence-corrected chi connectivity index (χ2v) is 14.1. The van der Waals surface area contributed by atoms with E-state index < -0.39 is 31.5 Å². The second-order valence-electron chi connectivity index (χ2n) is 10.8. The Morgan fingerprint density at radius 3 is 1.68 bits per heavy atom. The Morgan fingerprint density at radius 1 is 0.763 bits per heavy atom. The number of anilines is 1. The molecule has 0 spiro atoms. The van der Waals surface area contributed by atoms with Gasteiger partial charge in [0.15, 0.2) is 5.78 Å². The molecule has 0 saturated carbocycles. The van der Waals surface area contributed by atoms with E-state index in [9.17, 15) is 18.0 Å². The van der Waals surface area contributed by atoms with E-state index in [1.54, 1.807) is 30.3 Å². The van der Waals surface area contributed by atoms with Crippen molar-refractivity contribution >= 4 is 50.6 Å². The van der Waals surface area contributed by atoms with Crippen LogP contribution >= 0.6 is 23.2 Å². The van der Waals surface area contributed by atoms with Crippen molar-refractivity contribution in [2.45, 2.75) is 115 Å². The Morgan fingerprint density at radius 2 is 1.21 bits per heavy atom. The molecule has 1 aromatic carbocycles. The highest BCUT2D eigenvalue weighted by molar-refractivity contribution is 7.89. The normalized spacial score (nSPS) is 12.4. The molecule has 0 aliphatic carbocycles. The Labute approximate surface area is 241 Å². The number of ketones is 1. The molecule has 9 heteroatoms. The number of sulfonamides is 1. The van der Waals surface area contributed by atoms with Crippen LogP contribution in [-0.4, -0.2) is 36.7 Å². The molecular weight excluding hydrogens is 543 g/mol. The van der Waals surface area contributed by atoms with Gasteiger partial charge < -0.3 is 5.32 Å². The van der Waals surface area contributed by atoms with E-state index >= 15 is 0 Å². The van der Waals surface area contributed by atoms with E-state index in [0.29, 0.717) is 12.1 Å². The maximum Gasteiger partial charge on any atom is 0.268 e. The maximum atomic E-state index is 13.0. The summed E-state index contributed by atoms with van der Waals surface area (Å²) in [5, 5.41) is 2.51. The number of para-hydroxylation sites is 1. The van der Waals surface area contributed by atoms with Gasteiger partial charge >= 0.3 is 0 Å². The standard InChI is InChI=1S/C29H48Cl2N2O4S/c1-4-5-6-7-8-9-10-11-12-13-14-15-16-20-23-38(36,37)32-24-28(2,3)26(34)29(30,31)27(35)33-25-21-18-17-19-22-25/h17-19,21-22,32H,4-16,20,23-24H2,1-3H3,(H,33,35). The summed E-state index contributed by atoms with van der Waals surface area (Å²) >= 11 is 12.3. The van der Waals surface area contributed by atoms with Gasteiger partial charge in [0.25, 0.3) is 10.2 Å². The van der Waals surface area contributed by atoms with Gasteiger partial charge in [0.05, 0.1) is 5.75 Å². The van der Waals surface area contributed by atoms with Crippen LogP contribution < -0.4 is 10.0 Å². The predicted molar refractivity (Wildman–Crippen MR) is 160 cm³/mol. The highest BCUT2D eigenvalue weighted by Crippen LogP contribution is 2.33. The van der Waals surface area contributed by atoms with E-state index in [1.807, 2.05) is 0 Å². The Balaban J connectivity index is 2.26. The molecular formula is C29H48Cl2N2O4S. The molecule has 0 radical (unpaired) electrons. The van der Waals surface area contributed by atoms with Crippen molar-refractivity contribution in [3.63, 3.8) is 0 Å². The van der Waals surface area contributed by atoms with Gasteiger partial charge in [0.1, 0.15) is 0 Å². The lowest BCUT2D eigenvalue weighted by atomic mass is 9.86. The monoisotopic (exact) mass is 590 g/mol. The van der Waals surface area contributed by atoms with E-state index in [2.05, 4.69) is 17.0 Å². The van der Waals surface area contributed by atoms with Gasteiger partial charge in [-0.1, -0.05) is 146 Å². The summed E-state index contributed by atoms with van der Waals surface area (Å²) in [5.74, 6) is -1.66. The van der Waals surface area contributed by atoms with E-state index in [4.69, 9.17) is 23.2 Å². The molecule has 0 atom stereocenters. The first kappa shape index (κ1) is 34.9. The molecule has 0 bridgehead atoms. The third kappa shape index (κ3) is 14.3. The van der Waals surface area contributed by atoms with E-state index in [-0.39, 0.29) is 12.3 Å². The molecule has 38 heavy (non-hydrogen) atoms. The smallest absolute Gasteiger partial charge is 0.268 e. The van der Waals surface area contributed by atoms with Gasteiger partial charge in [-0.25, -0.2) is 13.1 Å². The Hall–Kier alpha value is -1.15. The number of hydrogen-bond donors (Lipinski definition) is 2. The minimum Gasteiger partial charge on any atom is -0.323 e. The van der Waals surface area contributed by atoms with Crippen LogP contribution in [-0.2, 0) is 19.6 Å². The highest BCUT2D eigenvalue weighted by Gasteiger charge is 2.49. The van der Waals surface area contributed by atoms with Gasteiger partial charge in [-0.2, -0.15) is 0 Å². The fourth-order valence-electron chi connectivity index (χ4n) is 4.19. The SMILES string of the molecule is CCCCCCCCCCCCCCCCS(=O)(=O)NCC(C)(C)C(=O)C(Cl)(Cl)C(=O)Nc1ccccc1. The van der Waals surface area contributed by atoms with Gasteiger partial charge in [-0.05, 0) is 18.6 Å². The van der Waals surface area contributed by atoms with Crippen molar-refractivity contribution < 1.29 is 18.0 Å². The Kier molecular flexibility index (Phi) is 16.7. The number of nitrogens with one attached hydrogen (secondary N) is 2. The molecule has 0 heterocycles. The van der Waals surface area contributed by atoms with Gasteiger partial charge in [0.2, 0.25) is 10.0 Å². The van der Waals surface area contributed by atoms with Crippen LogP contribution in [0.25, 0.3) is 0 Å². The van der Waals surface area contributed by atoms with Crippen molar-refractivity contribution in [3.8, 4) is 0 Å². The summed E-state index contributed by atoms with van der Waals surface area (Å²) in [4.78, 5) is 25.5. The zero-order valence-corrected chi connectivity index (χ0v) is 25.8. The second kappa shape index (κ2) is 18.2. The van der Waals surface area contributed by atoms with Crippen LogP contribution in [0, 0.1) is 5.41 Å². The average Bonchev–Trinajstić information content (AvgIpc) is 2.88. The molecule has 6 nitrogen and oxygen atoms in total. The van der Waals surface area contributed by atoms with Crippen LogP contribution in [0.4, 0.5) is 5.69 Å². The number of unbranched alkanes of at least 4 members (excludes halogenated alkanes) is 13. The van der Waals surface area contributed by atoms with Crippen molar-refractivity contribution in [2.75, 3.05) is 17.6 Å². The molecule has 1 rings (SSSR count). The number of rotatable bonds is 22. The summed E-state index contributed by atoms with van der Waals surface area (Å²) in [7, 11) is -3.57. The maximum absolute atomic E-state index is 13.0. The largest absolute Gasteiger partial charge is 0.323 e. The van der Waals surface area contributed by atoms with Crippen molar-refractivity contribution in [3.05, 3.63) is 30.3 Å². The quantitative estimate of drug-likeness (QED) is 0.0818. The molecule has 0 fully saturated rings. The minimum absolute atomic E-state index is 0.00329. The average molecular weight is 592 g/mol. The van der Waals surface area contributed by atoms with Crippen LogP contribution in [0.5, 0.6) is 0 Å². The van der Waals surface area contributed by atoms with E-state index in [0.717, 1.165) is 19.3 Å². The topological polar surface area (TPSA) is 92.3 Å². The molecule has 0 saturated heterocycles. The fraction of sp³-hybridized carbons (Fsp3) is 0.724. The molecule has 1 aromatic rings. The van der Waals surface area contributed by atoms with Crippen LogP contribution in [0.15, 0.2) is 30.3 Å². The third-order valence-corrected chi connectivity index (χ3v) is 8.81. The highest BCUT2D eigenvalue weighted by atomic mass is 35.5. The van der Waals surface area contributed by atoms with Crippen LogP contribution in [0.1, 0.15) is 111 Å². The lowest BCUT2D eigenvalue weighted by molar-refractivity contribution is -0.132. The summed E-state index contributed by atoms with van der Waals surface area (Å²) in [6.45, 7) is 5.07. The predicted octanol–water partition coefficient (Wildman–Crippen LogP) is 7.80. The minimum atomic E-state index is -3.57. The molecule has 1 amide bonds. The first-order valence-corrected chi connectivity index (χ1v) is 16.6. The number of hydrogen-bond acceptors (Lipinski definition) is 4. The van der Waals surface area contributed by atoms with Gasteiger partial charge in [0, 0.05) is 17.6 Å². The van der Waals surface area contributed by atoms with Gasteiger partial charge in [-0.15, -0.1) is 0 Å². The van der Waals surface area contributed by atoms with Crippen molar-refractivity contribution in [2.24, 2.45) is 5.41 Å². The number of carbonyl (C=O) groups excluding carboxylic acids is 2. The molecule has 2 N–H and O–H groups in total. The lowest BCUT2D eigenvalue weighted by Crippen LogP contribution is -2.50. The summed E-state index contributed by atoms with van der Waals surface area (Å²) < 4.78 is 25.1. The third-order valence-electron chi connectivity index (χ3n) is 6.72. The molecule has 0 aliphatic rings. The first-order chi connectivity index (χ1) is 17.9. The zero-order valence-electron chi connectivity index (χ0n) is 23.5. The Bertz CT molecular complexity index is 922. The van der Waals surface area contributed by atoms with Gasteiger partial charge in [-0.3, -0.25) is 9.59 Å². The van der Waals surface area contributed by atoms with Crippen LogP contribution in [0.3, 0.4) is 0 Å². The summed E-state index contributed by atoms with van der Waals surface area (Å²) in [6.07, 6.45) is 16.7. The van der Waals surface area contributed by atoms with Crippen LogP contribution in [0.2, 0.25) is 0 Å². The number of Topliss-reactive ketones (excluding diaryl/α,β-unsaturated/α-hetero) is 1. The number of benzene rings is 1. The fourth-order valence-corrected chi connectivity index (χ4v) is 6.10. The molecule has 0 aliphatic heterocycles. The summed E-state index contributed by atoms with van der Waals surface area (Å²) in [5.41, 5.74) is -0.845. The number of amides is 1. The summed E-state index contributed by atoms with van der Waals surface area (Å²) in [6, 6.07) is 8.51. The molecule has 218 valence electrons. The van der Waals surface area contributed by atoms with E-state index in [1.165, 1.54) is 78.1 Å². The zero-order chi connectivity index (χ0) is 28.5. The van der Waals surface area contributed by atoms with Crippen molar-refractivity contribution in [1.82, 2.24) is 4.72 Å². The number of halogens is 2. The van der Waals surface area contributed by atoms with Crippen molar-refractivity contribution in [1.29, 1.82) is 0 Å². The number of alkyl halides is 2. The number of carbonyl (C=O) groups is 2. The molecule has 0 unspecified atom stereocenters.